The van der Waals surface area contributed by atoms with Crippen molar-refractivity contribution < 1.29 is 0 Å². The Kier molecular flexibility index (Phi) is 5.08. The lowest BCUT2D eigenvalue weighted by atomic mass is 10.1. The number of nitrogens with zero attached hydrogens (tertiary/aromatic N) is 3. The molecule has 1 unspecified atom stereocenters. The molecule has 20 heavy (non-hydrogen) atoms. The highest BCUT2D eigenvalue weighted by Gasteiger charge is 2.10. The van der Waals surface area contributed by atoms with Crippen LogP contribution in [0.15, 0.2) is 41.8 Å². The van der Waals surface area contributed by atoms with E-state index in [1.807, 2.05) is 29.0 Å². The average molecular weight is 286 g/mol. The minimum atomic E-state index is 0.221. The molecular formula is C15H18N4S. The first-order chi connectivity index (χ1) is 9.74. The molecule has 0 radical (unpaired) electrons. The number of rotatable bonds is 6. The molecule has 4 nitrogen and oxygen atoms in total. The summed E-state index contributed by atoms with van der Waals surface area (Å²) in [5.41, 5.74) is 1.63. The van der Waals surface area contributed by atoms with Crippen LogP contribution in [0.2, 0.25) is 0 Å². The van der Waals surface area contributed by atoms with E-state index in [0.717, 1.165) is 28.4 Å². The maximum atomic E-state index is 9.38. The van der Waals surface area contributed by atoms with Crippen molar-refractivity contribution in [3.05, 3.63) is 42.5 Å². The topological polar surface area (TPSA) is 53.6 Å². The number of imidazole rings is 1. The van der Waals surface area contributed by atoms with E-state index in [4.69, 9.17) is 0 Å². The van der Waals surface area contributed by atoms with Crippen molar-refractivity contribution in [3.8, 4) is 6.07 Å². The lowest BCUT2D eigenvalue weighted by Crippen LogP contribution is -2.21. The zero-order valence-electron chi connectivity index (χ0n) is 11.7. The normalized spacial score (nSPS) is 11.8. The Balaban J connectivity index is 2.12. The summed E-state index contributed by atoms with van der Waals surface area (Å²) in [6, 6.07) is 8.48. The van der Waals surface area contributed by atoms with Gasteiger partial charge in [0.1, 0.15) is 6.07 Å². The minimum absolute atomic E-state index is 0.221. The monoisotopic (exact) mass is 286 g/mol. The molecule has 0 amide bonds. The van der Waals surface area contributed by atoms with Crippen LogP contribution in [0.3, 0.4) is 0 Å². The number of anilines is 1. The van der Waals surface area contributed by atoms with Gasteiger partial charge in [-0.25, -0.2) is 4.98 Å². The summed E-state index contributed by atoms with van der Waals surface area (Å²) in [5.74, 6) is 0.961. The Morgan fingerprint density at radius 1 is 1.50 bits per heavy atom. The van der Waals surface area contributed by atoms with Crippen LogP contribution < -0.4 is 5.32 Å². The third-order valence-electron chi connectivity index (χ3n) is 2.88. The van der Waals surface area contributed by atoms with Crippen LogP contribution >= 0.6 is 11.8 Å². The Labute approximate surface area is 123 Å². The quantitative estimate of drug-likeness (QED) is 0.827. The van der Waals surface area contributed by atoms with Gasteiger partial charge >= 0.3 is 0 Å². The summed E-state index contributed by atoms with van der Waals surface area (Å²) in [4.78, 5) is 5.07. The Hall–Kier alpha value is -1.93. The third kappa shape index (κ3) is 3.55. The Morgan fingerprint density at radius 2 is 2.35 bits per heavy atom. The van der Waals surface area contributed by atoms with Crippen LogP contribution in [0.5, 0.6) is 0 Å². The van der Waals surface area contributed by atoms with Crippen molar-refractivity contribution in [2.24, 2.45) is 0 Å². The van der Waals surface area contributed by atoms with Gasteiger partial charge in [0.2, 0.25) is 0 Å². The lowest BCUT2D eigenvalue weighted by Gasteiger charge is -2.17. The van der Waals surface area contributed by atoms with Crippen molar-refractivity contribution in [3.63, 3.8) is 0 Å². The molecule has 0 aliphatic heterocycles. The van der Waals surface area contributed by atoms with Crippen LogP contribution in [0.4, 0.5) is 5.69 Å². The van der Waals surface area contributed by atoms with Crippen LogP contribution in [-0.4, -0.2) is 21.3 Å². The molecule has 2 aromatic rings. The predicted octanol–water partition coefficient (Wildman–Crippen LogP) is 3.37. The fourth-order valence-electron chi connectivity index (χ4n) is 2.06. The molecule has 1 N–H and O–H groups in total. The summed E-state index contributed by atoms with van der Waals surface area (Å²) in [6.45, 7) is 5.00. The van der Waals surface area contributed by atoms with Gasteiger partial charge < -0.3 is 9.88 Å². The molecule has 0 spiro atoms. The molecule has 0 fully saturated rings. The number of thioether (sulfide) groups is 1. The van der Waals surface area contributed by atoms with Crippen LogP contribution in [0, 0.1) is 11.3 Å². The second-order valence-corrected chi connectivity index (χ2v) is 5.83. The molecule has 0 bridgehead atoms. The van der Waals surface area contributed by atoms with Gasteiger partial charge in [0.25, 0.3) is 0 Å². The van der Waals surface area contributed by atoms with Crippen molar-refractivity contribution in [1.29, 1.82) is 5.26 Å². The third-order valence-corrected chi connectivity index (χ3v) is 3.82. The molecule has 0 aliphatic carbocycles. The molecule has 2 rings (SSSR count). The molecule has 1 heterocycles. The van der Waals surface area contributed by atoms with Crippen molar-refractivity contribution in [2.75, 3.05) is 11.1 Å². The summed E-state index contributed by atoms with van der Waals surface area (Å²) >= 11 is 1.70. The fraction of sp³-hybridized carbons (Fsp3) is 0.333. The van der Waals surface area contributed by atoms with Crippen LogP contribution in [0.25, 0.3) is 0 Å². The van der Waals surface area contributed by atoms with Gasteiger partial charge in [-0.1, -0.05) is 13.0 Å². The molecule has 5 heteroatoms. The highest BCUT2D eigenvalue weighted by molar-refractivity contribution is 7.99. The summed E-state index contributed by atoms with van der Waals surface area (Å²) in [6.07, 6.45) is 5.51. The number of nitrogens with one attached hydrogen (secondary N) is 1. The molecule has 1 aromatic heterocycles. The van der Waals surface area contributed by atoms with Crippen molar-refractivity contribution >= 4 is 17.4 Å². The van der Waals surface area contributed by atoms with Gasteiger partial charge in [0.05, 0.1) is 17.6 Å². The predicted molar refractivity (Wildman–Crippen MR) is 82.9 cm³/mol. The van der Waals surface area contributed by atoms with Gasteiger partial charge in [0.15, 0.2) is 0 Å². The summed E-state index contributed by atoms with van der Waals surface area (Å²) < 4.78 is 2.02. The maximum Gasteiger partial charge on any atom is 0.102 e. The average Bonchev–Trinajstić information content (AvgIpc) is 2.92. The van der Waals surface area contributed by atoms with E-state index < -0.39 is 0 Å². The van der Waals surface area contributed by atoms with E-state index in [-0.39, 0.29) is 6.04 Å². The lowest BCUT2D eigenvalue weighted by molar-refractivity contribution is 0.618. The largest absolute Gasteiger partial charge is 0.380 e. The summed E-state index contributed by atoms with van der Waals surface area (Å²) in [7, 11) is 0. The van der Waals surface area contributed by atoms with Crippen LogP contribution in [-0.2, 0) is 6.54 Å². The molecule has 1 aromatic carbocycles. The number of hydrogen-bond acceptors (Lipinski definition) is 4. The zero-order valence-corrected chi connectivity index (χ0v) is 12.5. The number of aromatic nitrogens is 2. The fourth-order valence-corrected chi connectivity index (χ4v) is 2.85. The zero-order chi connectivity index (χ0) is 14.4. The Bertz CT molecular complexity index is 586. The van der Waals surface area contributed by atoms with Gasteiger partial charge in [-0.3, -0.25) is 0 Å². The van der Waals surface area contributed by atoms with Gasteiger partial charge in [-0.2, -0.15) is 5.26 Å². The second-order valence-electron chi connectivity index (χ2n) is 4.53. The van der Waals surface area contributed by atoms with Crippen molar-refractivity contribution in [1.82, 2.24) is 9.55 Å². The highest BCUT2D eigenvalue weighted by Crippen LogP contribution is 2.28. The maximum absolute atomic E-state index is 9.38. The van der Waals surface area contributed by atoms with E-state index in [0.29, 0.717) is 0 Å². The summed E-state index contributed by atoms with van der Waals surface area (Å²) in [5, 5.41) is 12.8. The Morgan fingerprint density at radius 3 is 3.00 bits per heavy atom. The molecule has 104 valence electrons. The van der Waals surface area contributed by atoms with Gasteiger partial charge in [0, 0.05) is 29.9 Å². The number of hydrogen-bond donors (Lipinski definition) is 1. The standard InChI is InChI=1S/C15H18N4S/c1-3-20-15-6-4-5-14(13(15)9-16)18-12(2)10-19-8-7-17-11-19/h4-8,11-12,18H,3,10H2,1-2H3. The molecular weight excluding hydrogens is 268 g/mol. The van der Waals surface area contributed by atoms with Gasteiger partial charge in [-0.05, 0) is 24.8 Å². The molecule has 0 saturated carbocycles. The first kappa shape index (κ1) is 14.5. The first-order valence-corrected chi connectivity index (χ1v) is 7.61. The first-order valence-electron chi connectivity index (χ1n) is 6.62. The van der Waals surface area contributed by atoms with Crippen molar-refractivity contribution in [2.45, 2.75) is 31.3 Å². The second kappa shape index (κ2) is 7.01. The minimum Gasteiger partial charge on any atom is -0.380 e. The van der Waals surface area contributed by atoms with E-state index in [1.165, 1.54) is 0 Å². The number of benzene rings is 1. The van der Waals surface area contributed by atoms with E-state index >= 15 is 0 Å². The van der Waals surface area contributed by atoms with E-state index in [2.05, 4.69) is 30.2 Å². The number of nitriles is 1. The molecule has 0 saturated heterocycles. The van der Waals surface area contributed by atoms with Crippen LogP contribution in [0.1, 0.15) is 19.4 Å². The van der Waals surface area contributed by atoms with E-state index in [9.17, 15) is 5.26 Å². The van der Waals surface area contributed by atoms with Gasteiger partial charge in [-0.15, -0.1) is 11.8 Å². The smallest absolute Gasteiger partial charge is 0.102 e. The SMILES string of the molecule is CCSc1cccc(NC(C)Cn2ccnc2)c1C#N. The molecule has 0 aliphatic rings. The van der Waals surface area contributed by atoms with E-state index in [1.54, 1.807) is 24.3 Å². The molecule has 1 atom stereocenters. The highest BCUT2D eigenvalue weighted by atomic mass is 32.2.